The van der Waals surface area contributed by atoms with Crippen molar-refractivity contribution in [1.29, 1.82) is 0 Å². The van der Waals surface area contributed by atoms with Crippen molar-refractivity contribution in [2.75, 3.05) is 19.8 Å². The fraction of sp³-hybridized carbons (Fsp3) is 0.705. The summed E-state index contributed by atoms with van der Waals surface area (Å²) >= 11 is 0. The minimum Gasteiger partial charge on any atom is -0.460 e. The van der Waals surface area contributed by atoms with Gasteiger partial charge >= 0.3 is 24.1 Å². The number of hydrogen-bond acceptors (Lipinski definition) is 13. The Hall–Kier alpha value is -4.10. The zero-order chi connectivity index (χ0) is 45.3. The average Bonchev–Trinajstić information content (AvgIpc) is 3.75. The molecule has 1 saturated carbocycles. The van der Waals surface area contributed by atoms with Crippen LogP contribution in [-0.4, -0.2) is 114 Å². The standard InChI is InChI=1S/C44H62F3N3O12/c1-6-8-10-20-42(21-11-9-7-2)60-35-31-24-43(40(56)48-22-19-32(52)49-30(26-51)16-18-34(54)59-41(3,4)5)37(39(55)58-31)50(62-38(43)36(35)61-42)25-29-14-12-13-28(23-29)15-17-33(53)57-27-44(45,46)47/h12-15,17,23,30-31,35-38,51H,6-11,16,18-22,24-27H2,1-5H3,(H,48,56)(H,49,52)/t30-,31?,35-,36-,37-,38+,43?/m0/s1. The molecule has 3 saturated heterocycles. The van der Waals surface area contributed by atoms with Gasteiger partial charge in [0.05, 0.1) is 19.2 Å². The molecule has 62 heavy (non-hydrogen) atoms. The number of nitrogens with one attached hydrogen (secondary N) is 2. The number of nitrogens with zero attached hydrogens (tertiary/aromatic N) is 1. The molecule has 15 nitrogen and oxygen atoms in total. The van der Waals surface area contributed by atoms with E-state index in [1.54, 1.807) is 45.0 Å². The van der Waals surface area contributed by atoms with Gasteiger partial charge in [0.25, 0.3) is 0 Å². The van der Waals surface area contributed by atoms with Crippen LogP contribution in [0.3, 0.4) is 0 Å². The Balaban J connectivity index is 1.36. The van der Waals surface area contributed by atoms with E-state index in [4.69, 9.17) is 23.8 Å². The number of esters is 3. The van der Waals surface area contributed by atoms with Crippen molar-refractivity contribution in [3.05, 3.63) is 41.5 Å². The number of carbonyl (C=O) groups excluding carboxylic acids is 5. The van der Waals surface area contributed by atoms with Crippen LogP contribution in [0.25, 0.3) is 6.08 Å². The van der Waals surface area contributed by atoms with Gasteiger partial charge in [0.15, 0.2) is 18.4 Å². The summed E-state index contributed by atoms with van der Waals surface area (Å²) < 4.78 is 67.0. The van der Waals surface area contributed by atoms with Gasteiger partial charge < -0.3 is 39.4 Å². The molecule has 3 aliphatic heterocycles. The minimum atomic E-state index is -4.67. The third-order valence-corrected chi connectivity index (χ3v) is 11.4. The molecule has 5 rings (SSSR count). The molecule has 0 aromatic heterocycles. The first-order valence-electron chi connectivity index (χ1n) is 21.7. The zero-order valence-electron chi connectivity index (χ0n) is 36.3. The molecular weight excluding hydrogens is 819 g/mol. The average molecular weight is 882 g/mol. The summed E-state index contributed by atoms with van der Waals surface area (Å²) in [6.45, 7) is 7.12. The Bertz CT molecular complexity index is 1760. The highest BCUT2D eigenvalue weighted by molar-refractivity contribution is 5.94. The maximum atomic E-state index is 14.7. The maximum Gasteiger partial charge on any atom is 0.422 e. The molecule has 346 valence electrons. The second-order valence-electron chi connectivity index (χ2n) is 17.6. The van der Waals surface area contributed by atoms with Crippen molar-refractivity contribution in [3.8, 4) is 0 Å². The number of ether oxygens (including phenoxy) is 5. The molecule has 4 aliphatic rings. The zero-order valence-corrected chi connectivity index (χ0v) is 36.3. The summed E-state index contributed by atoms with van der Waals surface area (Å²) in [5.41, 5.74) is -1.19. The normalized spacial score (nSPS) is 25.8. The first-order chi connectivity index (χ1) is 29.3. The van der Waals surface area contributed by atoms with E-state index in [0.29, 0.717) is 24.0 Å². The highest BCUT2D eigenvalue weighted by Gasteiger charge is 2.76. The molecule has 2 amide bonds. The molecule has 1 aromatic carbocycles. The van der Waals surface area contributed by atoms with Crippen LogP contribution >= 0.6 is 0 Å². The van der Waals surface area contributed by atoms with Gasteiger partial charge in [0.1, 0.15) is 35.4 Å². The monoisotopic (exact) mass is 881 g/mol. The first-order valence-corrected chi connectivity index (χ1v) is 21.7. The number of aliphatic hydroxyl groups is 1. The van der Waals surface area contributed by atoms with Crippen molar-refractivity contribution in [2.24, 2.45) is 5.41 Å². The van der Waals surface area contributed by atoms with Crippen LogP contribution in [0.1, 0.15) is 123 Å². The van der Waals surface area contributed by atoms with Crippen LogP contribution in [0.5, 0.6) is 0 Å². The Kier molecular flexibility index (Phi) is 16.6. The lowest BCUT2D eigenvalue weighted by Gasteiger charge is -2.48. The second-order valence-corrected chi connectivity index (χ2v) is 17.6. The number of rotatable bonds is 22. The van der Waals surface area contributed by atoms with Gasteiger partial charge in [-0.1, -0.05) is 63.8 Å². The summed E-state index contributed by atoms with van der Waals surface area (Å²) in [6.07, 6.45) is 0.876. The summed E-state index contributed by atoms with van der Waals surface area (Å²) in [5, 5.41) is 16.8. The van der Waals surface area contributed by atoms with E-state index in [0.717, 1.165) is 44.6 Å². The van der Waals surface area contributed by atoms with Gasteiger partial charge in [0, 0.05) is 44.7 Å². The number of unbranched alkanes of at least 4 members (excludes halogenated alkanes) is 4. The van der Waals surface area contributed by atoms with Gasteiger partial charge in [-0.05, 0) is 57.2 Å². The molecule has 1 aliphatic carbocycles. The molecule has 2 unspecified atom stereocenters. The summed E-state index contributed by atoms with van der Waals surface area (Å²) in [5.74, 6) is -4.35. The fourth-order valence-electron chi connectivity index (χ4n) is 8.69. The third-order valence-electron chi connectivity index (χ3n) is 11.4. The molecule has 0 spiro atoms. The van der Waals surface area contributed by atoms with E-state index in [2.05, 4.69) is 29.2 Å². The minimum absolute atomic E-state index is 0.0218. The number of benzene rings is 1. The van der Waals surface area contributed by atoms with Crippen molar-refractivity contribution < 1.29 is 70.8 Å². The summed E-state index contributed by atoms with van der Waals surface area (Å²) in [7, 11) is 0. The lowest BCUT2D eigenvalue weighted by Crippen LogP contribution is -2.69. The van der Waals surface area contributed by atoms with Crippen molar-refractivity contribution >= 4 is 35.8 Å². The topological polar surface area (TPSA) is 188 Å². The van der Waals surface area contributed by atoms with E-state index >= 15 is 0 Å². The molecule has 18 heteroatoms. The quantitative estimate of drug-likeness (QED) is 0.0586. The van der Waals surface area contributed by atoms with Crippen molar-refractivity contribution in [2.45, 2.75) is 172 Å². The van der Waals surface area contributed by atoms with Crippen molar-refractivity contribution in [3.63, 3.8) is 0 Å². The number of fused-ring (bicyclic) bond motifs is 4. The maximum absolute atomic E-state index is 14.7. The molecule has 3 heterocycles. The highest BCUT2D eigenvalue weighted by atomic mass is 19.4. The lowest BCUT2D eigenvalue weighted by molar-refractivity contribution is -0.224. The Morgan fingerprint density at radius 3 is 2.35 bits per heavy atom. The van der Waals surface area contributed by atoms with Crippen LogP contribution in [0, 0.1) is 5.41 Å². The molecule has 4 fully saturated rings. The lowest BCUT2D eigenvalue weighted by atomic mass is 9.62. The van der Waals surface area contributed by atoms with Gasteiger partial charge in [-0.15, -0.1) is 0 Å². The Morgan fingerprint density at radius 1 is 1.02 bits per heavy atom. The molecule has 1 aromatic rings. The first kappa shape index (κ1) is 48.9. The van der Waals surface area contributed by atoms with E-state index in [9.17, 15) is 42.3 Å². The van der Waals surface area contributed by atoms with Crippen molar-refractivity contribution in [1.82, 2.24) is 15.7 Å². The smallest absolute Gasteiger partial charge is 0.422 e. The SMILES string of the molecule is CCCCCC1(CCCCC)O[C@@H]2[C@H]3ON(Cc4cccc(C=CC(=O)OCC(F)(F)F)c4)[C@H]4C(=O)OC(CC34C(=O)NCCC(=O)N[C@H](CO)CCC(=O)OC(C)(C)C)[C@@H]2O1. The van der Waals surface area contributed by atoms with Crippen LogP contribution in [0.2, 0.25) is 0 Å². The second kappa shape index (κ2) is 21.1. The van der Waals surface area contributed by atoms with Crippen LogP contribution in [0.4, 0.5) is 13.2 Å². The Labute approximate surface area is 360 Å². The predicted octanol–water partition coefficient (Wildman–Crippen LogP) is 5.35. The number of carbonyl (C=O) groups is 5. The molecule has 7 atom stereocenters. The fourth-order valence-corrected chi connectivity index (χ4v) is 8.69. The molecule has 0 radical (unpaired) electrons. The summed E-state index contributed by atoms with van der Waals surface area (Å²) in [4.78, 5) is 72.7. The Morgan fingerprint density at radius 2 is 1.71 bits per heavy atom. The molecule has 2 bridgehead atoms. The number of hydroxylamine groups is 2. The highest BCUT2D eigenvalue weighted by Crippen LogP contribution is 2.58. The van der Waals surface area contributed by atoms with Gasteiger partial charge in [-0.2, -0.15) is 18.2 Å². The largest absolute Gasteiger partial charge is 0.460 e. The van der Waals surface area contributed by atoms with E-state index in [-0.39, 0.29) is 38.8 Å². The van der Waals surface area contributed by atoms with Gasteiger partial charge in [0.2, 0.25) is 11.8 Å². The van der Waals surface area contributed by atoms with E-state index < -0.39 is 102 Å². The molecular formula is C44H62F3N3O12. The summed E-state index contributed by atoms with van der Waals surface area (Å²) in [6, 6.07) is 4.69. The number of aliphatic hydroxyl groups excluding tert-OH is 1. The number of alkyl halides is 3. The van der Waals surface area contributed by atoms with E-state index in [1.807, 2.05) is 0 Å². The number of halogens is 3. The van der Waals surface area contributed by atoms with Gasteiger partial charge in [-0.25, -0.2) is 4.79 Å². The van der Waals surface area contributed by atoms with Crippen LogP contribution < -0.4 is 10.6 Å². The predicted molar refractivity (Wildman–Crippen MR) is 216 cm³/mol. The van der Waals surface area contributed by atoms with E-state index in [1.165, 1.54) is 11.1 Å². The van der Waals surface area contributed by atoms with Crippen LogP contribution in [-0.2, 0) is 59.0 Å². The van der Waals surface area contributed by atoms with Gasteiger partial charge in [-0.3, -0.25) is 24.0 Å². The third kappa shape index (κ3) is 12.5. The number of amides is 2. The molecule has 3 N–H and O–H groups in total. The number of hydrogen-bond donors (Lipinski definition) is 3. The van der Waals surface area contributed by atoms with Crippen LogP contribution in [0.15, 0.2) is 30.3 Å².